The molecule has 5 heteroatoms. The average Bonchev–Trinajstić information content (AvgIpc) is 2.02. The maximum atomic E-state index is 10.4. The lowest BCUT2D eigenvalue weighted by Gasteiger charge is -2.05. The third kappa shape index (κ3) is 5.52. The lowest BCUT2D eigenvalue weighted by molar-refractivity contribution is -0.154. The molecule has 4 nitrogen and oxygen atoms in total. The van der Waals surface area contributed by atoms with Crippen LogP contribution in [0.5, 0.6) is 0 Å². The minimum absolute atomic E-state index is 0.207. The second kappa shape index (κ2) is 6.77. The fourth-order valence-corrected chi connectivity index (χ4v) is 1.21. The van der Waals surface area contributed by atoms with Crippen molar-refractivity contribution in [3.8, 4) is 0 Å². The minimum Gasteiger partial charge on any atom is -0.481 e. The van der Waals surface area contributed by atoms with Crippen LogP contribution in [0.4, 0.5) is 0 Å². The molecule has 0 aliphatic rings. The second-order valence-corrected chi connectivity index (χ2v) is 3.25. The Morgan fingerprint density at radius 3 is 2.00 bits per heavy atom. The SMILES string of the molecule is O=C(O)C(CCCCCS)C(=O)O. The molecule has 0 amide bonds. The van der Waals surface area contributed by atoms with Crippen LogP contribution < -0.4 is 0 Å². The summed E-state index contributed by atoms with van der Waals surface area (Å²) in [6.45, 7) is 0. The van der Waals surface area contributed by atoms with E-state index >= 15 is 0 Å². The van der Waals surface area contributed by atoms with Crippen molar-refractivity contribution in [2.75, 3.05) is 5.75 Å². The van der Waals surface area contributed by atoms with E-state index in [2.05, 4.69) is 12.6 Å². The number of rotatable bonds is 7. The van der Waals surface area contributed by atoms with Crippen LogP contribution in [0.25, 0.3) is 0 Å². The highest BCUT2D eigenvalue weighted by molar-refractivity contribution is 7.80. The van der Waals surface area contributed by atoms with E-state index in [9.17, 15) is 9.59 Å². The highest BCUT2D eigenvalue weighted by Gasteiger charge is 2.24. The fourth-order valence-electron chi connectivity index (χ4n) is 0.990. The maximum absolute atomic E-state index is 10.4. The predicted octanol–water partition coefficient (Wildman–Crippen LogP) is 1.26. The summed E-state index contributed by atoms with van der Waals surface area (Å²) in [7, 11) is 0. The summed E-state index contributed by atoms with van der Waals surface area (Å²) in [6.07, 6.45) is 2.57. The number of carboxylic acids is 2. The molecule has 0 saturated carbocycles. The first-order valence-corrected chi connectivity index (χ1v) is 4.79. The molecule has 0 bridgehead atoms. The molecule has 0 unspecified atom stereocenters. The van der Waals surface area contributed by atoms with Crippen LogP contribution >= 0.6 is 12.6 Å². The normalized spacial score (nSPS) is 10.3. The zero-order valence-electron chi connectivity index (χ0n) is 7.27. The quantitative estimate of drug-likeness (QED) is 0.333. The van der Waals surface area contributed by atoms with Gasteiger partial charge in [-0.2, -0.15) is 12.6 Å². The molecule has 0 aliphatic carbocycles. The van der Waals surface area contributed by atoms with Gasteiger partial charge >= 0.3 is 11.9 Å². The molecule has 0 aromatic rings. The van der Waals surface area contributed by atoms with E-state index in [-0.39, 0.29) is 6.42 Å². The van der Waals surface area contributed by atoms with Crippen LogP contribution in [0.1, 0.15) is 25.7 Å². The van der Waals surface area contributed by atoms with E-state index in [4.69, 9.17) is 10.2 Å². The van der Waals surface area contributed by atoms with E-state index in [1.165, 1.54) is 0 Å². The number of thiol groups is 1. The van der Waals surface area contributed by atoms with Gasteiger partial charge in [0.05, 0.1) is 0 Å². The van der Waals surface area contributed by atoms with Crippen molar-refractivity contribution in [3.63, 3.8) is 0 Å². The van der Waals surface area contributed by atoms with Crippen LogP contribution in [-0.4, -0.2) is 27.9 Å². The predicted molar refractivity (Wildman–Crippen MR) is 51.1 cm³/mol. The van der Waals surface area contributed by atoms with E-state index in [0.717, 1.165) is 18.6 Å². The summed E-state index contributed by atoms with van der Waals surface area (Å²) < 4.78 is 0. The largest absolute Gasteiger partial charge is 0.481 e. The van der Waals surface area contributed by atoms with E-state index in [1.54, 1.807) is 0 Å². The molecule has 0 radical (unpaired) electrons. The first kappa shape index (κ1) is 12.3. The first-order chi connectivity index (χ1) is 6.09. The topological polar surface area (TPSA) is 74.6 Å². The Kier molecular flexibility index (Phi) is 6.40. The Bertz CT molecular complexity index is 167. The molecule has 0 aromatic heterocycles. The van der Waals surface area contributed by atoms with Crippen LogP contribution in [0, 0.1) is 5.92 Å². The molecule has 0 rings (SSSR count). The van der Waals surface area contributed by atoms with Crippen LogP contribution in [0.3, 0.4) is 0 Å². The molecule has 0 spiro atoms. The standard InChI is InChI=1S/C8H14O4S/c9-7(10)6(8(11)12)4-2-1-3-5-13/h6,13H,1-5H2,(H,9,10)(H,11,12). The van der Waals surface area contributed by atoms with Crippen molar-refractivity contribution in [1.29, 1.82) is 0 Å². The highest BCUT2D eigenvalue weighted by Crippen LogP contribution is 2.10. The Hall–Kier alpha value is -0.710. The lowest BCUT2D eigenvalue weighted by Crippen LogP contribution is -2.23. The zero-order valence-corrected chi connectivity index (χ0v) is 8.17. The summed E-state index contributed by atoms with van der Waals surface area (Å²) in [5.74, 6) is -3.00. The van der Waals surface area contributed by atoms with Gasteiger partial charge in [-0.25, -0.2) is 0 Å². The lowest BCUT2D eigenvalue weighted by atomic mass is 10.0. The van der Waals surface area contributed by atoms with Gasteiger partial charge in [-0.15, -0.1) is 0 Å². The smallest absolute Gasteiger partial charge is 0.317 e. The molecule has 13 heavy (non-hydrogen) atoms. The fraction of sp³-hybridized carbons (Fsp3) is 0.750. The summed E-state index contributed by atoms with van der Waals surface area (Å²) >= 11 is 3.99. The number of carboxylic acid groups (broad SMARTS) is 2. The zero-order chi connectivity index (χ0) is 10.3. The highest BCUT2D eigenvalue weighted by atomic mass is 32.1. The van der Waals surface area contributed by atoms with Crippen molar-refractivity contribution in [2.45, 2.75) is 25.7 Å². The molecule has 0 aliphatic heterocycles. The Morgan fingerprint density at radius 1 is 1.08 bits per heavy atom. The van der Waals surface area contributed by atoms with Crippen LogP contribution in [0.2, 0.25) is 0 Å². The Balaban J connectivity index is 3.71. The number of unbranched alkanes of at least 4 members (excludes halogenated alkanes) is 2. The number of hydrogen-bond donors (Lipinski definition) is 3. The minimum atomic E-state index is -1.25. The van der Waals surface area contributed by atoms with Gasteiger partial charge in [-0.3, -0.25) is 9.59 Å². The van der Waals surface area contributed by atoms with Gasteiger partial charge in [-0.1, -0.05) is 12.8 Å². The van der Waals surface area contributed by atoms with E-state index in [1.807, 2.05) is 0 Å². The van der Waals surface area contributed by atoms with Crippen molar-refractivity contribution < 1.29 is 19.8 Å². The molecule has 0 atom stereocenters. The Morgan fingerprint density at radius 2 is 1.62 bits per heavy atom. The summed E-state index contributed by atoms with van der Waals surface area (Å²) in [6, 6.07) is 0. The molecule has 2 N–H and O–H groups in total. The van der Waals surface area contributed by atoms with Crippen molar-refractivity contribution >= 4 is 24.6 Å². The molecule has 0 saturated heterocycles. The molecule has 0 fully saturated rings. The third-order valence-corrected chi connectivity index (χ3v) is 2.06. The number of carbonyl (C=O) groups is 2. The molecule has 0 heterocycles. The van der Waals surface area contributed by atoms with Crippen molar-refractivity contribution in [1.82, 2.24) is 0 Å². The number of aliphatic carboxylic acids is 2. The molecular formula is C8H14O4S. The summed E-state index contributed by atoms with van der Waals surface area (Å²) in [5, 5.41) is 17.0. The number of hydrogen-bond acceptors (Lipinski definition) is 3. The van der Waals surface area contributed by atoms with Crippen LogP contribution in [-0.2, 0) is 9.59 Å². The van der Waals surface area contributed by atoms with Gasteiger partial charge in [0, 0.05) is 0 Å². The molecule has 0 aromatic carbocycles. The van der Waals surface area contributed by atoms with E-state index in [0.29, 0.717) is 6.42 Å². The third-order valence-electron chi connectivity index (χ3n) is 1.75. The van der Waals surface area contributed by atoms with Gasteiger partial charge in [0.25, 0.3) is 0 Å². The second-order valence-electron chi connectivity index (χ2n) is 2.80. The van der Waals surface area contributed by atoms with Gasteiger partial charge in [0.15, 0.2) is 5.92 Å². The summed E-state index contributed by atoms with van der Waals surface area (Å²) in [4.78, 5) is 20.8. The summed E-state index contributed by atoms with van der Waals surface area (Å²) in [5.41, 5.74) is 0. The Labute approximate surface area is 82.4 Å². The maximum Gasteiger partial charge on any atom is 0.317 e. The van der Waals surface area contributed by atoms with Crippen molar-refractivity contribution in [2.24, 2.45) is 5.92 Å². The average molecular weight is 206 g/mol. The van der Waals surface area contributed by atoms with E-state index < -0.39 is 17.9 Å². The van der Waals surface area contributed by atoms with Gasteiger partial charge in [0.1, 0.15) is 0 Å². The molecular weight excluding hydrogens is 192 g/mol. The first-order valence-electron chi connectivity index (χ1n) is 4.16. The van der Waals surface area contributed by atoms with Crippen molar-refractivity contribution in [3.05, 3.63) is 0 Å². The van der Waals surface area contributed by atoms with Gasteiger partial charge in [-0.05, 0) is 18.6 Å². The monoisotopic (exact) mass is 206 g/mol. The van der Waals surface area contributed by atoms with Gasteiger partial charge < -0.3 is 10.2 Å². The van der Waals surface area contributed by atoms with Gasteiger partial charge in [0.2, 0.25) is 0 Å². The molecule has 76 valence electrons. The van der Waals surface area contributed by atoms with Crippen LogP contribution in [0.15, 0.2) is 0 Å².